The van der Waals surface area contributed by atoms with Crippen LogP contribution in [-0.2, 0) is 0 Å². The van der Waals surface area contributed by atoms with E-state index >= 15 is 0 Å². The minimum absolute atomic E-state index is 0.261. The molecule has 0 radical (unpaired) electrons. The Balaban J connectivity index is 2.98. The van der Waals surface area contributed by atoms with Crippen molar-refractivity contribution in [3.63, 3.8) is 0 Å². The summed E-state index contributed by atoms with van der Waals surface area (Å²) in [5.74, 6) is 0. The number of hydrogen-bond acceptors (Lipinski definition) is 0. The van der Waals surface area contributed by atoms with Crippen molar-refractivity contribution < 1.29 is 0 Å². The van der Waals surface area contributed by atoms with Gasteiger partial charge in [0, 0.05) is 4.90 Å². The molecule has 168 valence electrons. The SMILES string of the molecule is CCCCCP(CCCCC)C1(P(CCCCC)CCCCC)CCCCC1. The van der Waals surface area contributed by atoms with E-state index in [9.17, 15) is 0 Å². The zero-order chi connectivity index (χ0) is 20.5. The first-order valence-electron chi connectivity index (χ1n) is 13.2. The fraction of sp³-hybridized carbons (Fsp3) is 1.00. The van der Waals surface area contributed by atoms with Gasteiger partial charge in [-0.3, -0.25) is 0 Å². The van der Waals surface area contributed by atoms with Crippen LogP contribution in [0.3, 0.4) is 0 Å². The van der Waals surface area contributed by atoms with Crippen molar-refractivity contribution in [3.8, 4) is 0 Å². The van der Waals surface area contributed by atoms with Gasteiger partial charge in [-0.25, -0.2) is 0 Å². The van der Waals surface area contributed by atoms with Gasteiger partial charge in [0.05, 0.1) is 0 Å². The van der Waals surface area contributed by atoms with E-state index in [1.165, 1.54) is 83.5 Å². The Bertz CT molecular complexity index is 289. The zero-order valence-electron chi connectivity index (χ0n) is 20.2. The maximum absolute atomic E-state index is 2.39. The van der Waals surface area contributed by atoms with Crippen molar-refractivity contribution in [1.29, 1.82) is 0 Å². The molecule has 0 heterocycles. The van der Waals surface area contributed by atoms with Crippen molar-refractivity contribution in [2.45, 2.75) is 142 Å². The third-order valence-corrected chi connectivity index (χ3v) is 15.3. The van der Waals surface area contributed by atoms with Gasteiger partial charge in [-0.2, -0.15) is 0 Å². The van der Waals surface area contributed by atoms with Gasteiger partial charge < -0.3 is 0 Å². The third-order valence-electron chi connectivity index (χ3n) is 6.96. The molecule has 0 spiro atoms. The topological polar surface area (TPSA) is 0 Å². The molecule has 0 saturated heterocycles. The molecule has 1 fully saturated rings. The predicted octanol–water partition coefficient (Wildman–Crippen LogP) is 10.4. The van der Waals surface area contributed by atoms with E-state index in [1.807, 2.05) is 0 Å². The van der Waals surface area contributed by atoms with Crippen LogP contribution >= 0.6 is 15.8 Å². The van der Waals surface area contributed by atoms with E-state index in [0.29, 0.717) is 0 Å². The molecular weight excluding hydrogens is 374 g/mol. The van der Waals surface area contributed by atoms with Crippen molar-refractivity contribution >= 4 is 15.8 Å². The lowest BCUT2D eigenvalue weighted by atomic mass is 9.99. The Morgan fingerprint density at radius 2 is 0.786 bits per heavy atom. The van der Waals surface area contributed by atoms with E-state index < -0.39 is 0 Å². The molecule has 0 aromatic rings. The summed E-state index contributed by atoms with van der Waals surface area (Å²) in [6.07, 6.45) is 32.0. The molecule has 0 aliphatic heterocycles. The summed E-state index contributed by atoms with van der Waals surface area (Å²) in [6.45, 7) is 9.55. The Morgan fingerprint density at radius 1 is 0.464 bits per heavy atom. The average Bonchev–Trinajstić information content (AvgIpc) is 2.72. The van der Waals surface area contributed by atoms with Crippen LogP contribution in [0, 0.1) is 0 Å². The first-order chi connectivity index (χ1) is 13.7. The van der Waals surface area contributed by atoms with Crippen LogP contribution < -0.4 is 0 Å². The second-order valence-electron chi connectivity index (χ2n) is 9.35. The van der Waals surface area contributed by atoms with E-state index in [4.69, 9.17) is 0 Å². The highest BCUT2D eigenvalue weighted by molar-refractivity contribution is 7.77. The standard InChI is InChI=1S/C26H54P2/c1-5-9-16-22-27(23-17-10-6-2)26(20-14-13-15-21-26)28(24-18-11-7-3)25-19-12-8-4/h5-25H2,1-4H3. The van der Waals surface area contributed by atoms with Crippen LogP contribution in [0.1, 0.15) is 137 Å². The highest BCUT2D eigenvalue weighted by Gasteiger charge is 2.43. The predicted molar refractivity (Wildman–Crippen MR) is 137 cm³/mol. The first kappa shape index (κ1) is 26.9. The molecule has 0 unspecified atom stereocenters. The Morgan fingerprint density at radius 3 is 1.07 bits per heavy atom. The quantitative estimate of drug-likeness (QED) is 0.150. The molecule has 1 saturated carbocycles. The molecule has 28 heavy (non-hydrogen) atoms. The van der Waals surface area contributed by atoms with Gasteiger partial charge in [-0.1, -0.05) is 114 Å². The minimum atomic E-state index is 0.261. The zero-order valence-corrected chi connectivity index (χ0v) is 22.0. The summed E-state index contributed by atoms with van der Waals surface area (Å²) in [5, 5.41) is 0. The van der Waals surface area contributed by atoms with Crippen molar-refractivity contribution in [2.75, 3.05) is 24.6 Å². The molecule has 2 heteroatoms. The van der Waals surface area contributed by atoms with Crippen molar-refractivity contribution in [2.24, 2.45) is 0 Å². The molecule has 0 N–H and O–H groups in total. The molecule has 0 aromatic heterocycles. The lowest BCUT2D eigenvalue weighted by molar-refractivity contribution is 0.475. The molecule has 0 bridgehead atoms. The van der Waals surface area contributed by atoms with E-state index in [0.717, 1.165) is 4.90 Å². The fourth-order valence-corrected chi connectivity index (χ4v) is 14.4. The minimum Gasteiger partial charge on any atom is -0.0959 e. The summed E-state index contributed by atoms with van der Waals surface area (Å²) in [4.78, 5) is 0.839. The second-order valence-corrected chi connectivity index (χ2v) is 15.4. The molecule has 1 aliphatic rings. The summed E-state index contributed by atoms with van der Waals surface area (Å²) >= 11 is 0. The first-order valence-corrected chi connectivity index (χ1v) is 16.7. The maximum atomic E-state index is 2.39. The Hall–Kier alpha value is 0.860. The molecular formula is C26H54P2. The molecule has 0 amide bonds. The summed E-state index contributed by atoms with van der Waals surface area (Å²) in [5.41, 5.74) is 0. The highest BCUT2D eigenvalue weighted by atomic mass is 31.2. The normalized spacial score (nSPS) is 16.9. The van der Waals surface area contributed by atoms with E-state index in [-0.39, 0.29) is 15.8 Å². The van der Waals surface area contributed by atoms with Crippen molar-refractivity contribution in [3.05, 3.63) is 0 Å². The van der Waals surface area contributed by atoms with Crippen LogP contribution in [0.5, 0.6) is 0 Å². The highest BCUT2D eigenvalue weighted by Crippen LogP contribution is 2.73. The van der Waals surface area contributed by atoms with Crippen LogP contribution in [-0.4, -0.2) is 29.5 Å². The lowest BCUT2D eigenvalue weighted by Crippen LogP contribution is -2.32. The Labute approximate surface area is 182 Å². The van der Waals surface area contributed by atoms with E-state index in [1.54, 1.807) is 50.3 Å². The molecule has 0 nitrogen and oxygen atoms in total. The van der Waals surface area contributed by atoms with Crippen LogP contribution in [0.25, 0.3) is 0 Å². The summed E-state index contributed by atoms with van der Waals surface area (Å²) in [7, 11) is 0.523. The van der Waals surface area contributed by atoms with Gasteiger partial charge in [0.2, 0.25) is 0 Å². The molecule has 1 rings (SSSR count). The van der Waals surface area contributed by atoms with Crippen LogP contribution in [0.2, 0.25) is 0 Å². The summed E-state index contributed by atoms with van der Waals surface area (Å²) < 4.78 is 0. The van der Waals surface area contributed by atoms with Gasteiger partial charge in [-0.15, -0.1) is 0 Å². The lowest BCUT2D eigenvalue weighted by Gasteiger charge is -2.50. The van der Waals surface area contributed by atoms with Gasteiger partial charge in [0.15, 0.2) is 0 Å². The van der Waals surface area contributed by atoms with E-state index in [2.05, 4.69) is 27.7 Å². The number of hydrogen-bond donors (Lipinski definition) is 0. The largest absolute Gasteiger partial charge is 0.0959 e. The molecule has 0 aromatic carbocycles. The van der Waals surface area contributed by atoms with Crippen LogP contribution in [0.4, 0.5) is 0 Å². The van der Waals surface area contributed by atoms with Gasteiger partial charge in [-0.05, 0) is 63.2 Å². The summed E-state index contributed by atoms with van der Waals surface area (Å²) in [6, 6.07) is 0. The van der Waals surface area contributed by atoms with Crippen LogP contribution in [0.15, 0.2) is 0 Å². The van der Waals surface area contributed by atoms with Gasteiger partial charge >= 0.3 is 0 Å². The molecule has 0 atom stereocenters. The van der Waals surface area contributed by atoms with Gasteiger partial charge in [0.25, 0.3) is 0 Å². The monoisotopic (exact) mass is 428 g/mol. The molecule has 1 aliphatic carbocycles. The number of unbranched alkanes of at least 4 members (excludes halogenated alkanes) is 8. The fourth-order valence-electron chi connectivity index (χ4n) is 5.22. The smallest absolute Gasteiger partial charge is 0.0106 e. The van der Waals surface area contributed by atoms with Gasteiger partial charge in [0.1, 0.15) is 0 Å². The average molecular weight is 429 g/mol. The second kappa shape index (κ2) is 17.5. The number of rotatable bonds is 18. The Kier molecular flexibility index (Phi) is 16.8. The van der Waals surface area contributed by atoms with Crippen molar-refractivity contribution in [1.82, 2.24) is 0 Å². The third kappa shape index (κ3) is 9.78. The maximum Gasteiger partial charge on any atom is 0.0106 e.